The monoisotopic (exact) mass is 338 g/mol. The number of rotatable bonds is 3. The van der Waals surface area contributed by atoms with Crippen molar-refractivity contribution in [2.24, 2.45) is 0 Å². The number of hydrogen-bond donors (Lipinski definition) is 0. The molecule has 4 nitrogen and oxygen atoms in total. The molecular formula is C13H15BrN4S. The molecule has 1 saturated heterocycles. The summed E-state index contributed by atoms with van der Waals surface area (Å²) in [5, 5.41) is 9.21. The molecule has 0 saturated carbocycles. The first-order valence-corrected chi connectivity index (χ1v) is 7.92. The van der Waals surface area contributed by atoms with Gasteiger partial charge in [-0.1, -0.05) is 41.7 Å². The van der Waals surface area contributed by atoms with Crippen molar-refractivity contribution >= 4 is 32.4 Å². The van der Waals surface area contributed by atoms with Gasteiger partial charge in [-0.05, 0) is 21.5 Å². The maximum absolute atomic E-state index is 4.18. The van der Waals surface area contributed by atoms with Crippen LogP contribution in [-0.2, 0) is 6.54 Å². The van der Waals surface area contributed by atoms with E-state index in [0.717, 1.165) is 41.8 Å². The molecule has 0 aliphatic carbocycles. The lowest BCUT2D eigenvalue weighted by molar-refractivity contribution is 0.249. The molecular weight excluding hydrogens is 324 g/mol. The van der Waals surface area contributed by atoms with Crippen molar-refractivity contribution in [1.29, 1.82) is 0 Å². The minimum Gasteiger partial charge on any atom is -0.344 e. The summed E-state index contributed by atoms with van der Waals surface area (Å²) in [5.74, 6) is 0. The van der Waals surface area contributed by atoms with Crippen molar-refractivity contribution in [2.45, 2.75) is 6.54 Å². The molecule has 0 spiro atoms. The maximum Gasteiger partial charge on any atom is 0.209 e. The van der Waals surface area contributed by atoms with E-state index in [4.69, 9.17) is 0 Å². The fourth-order valence-corrected chi connectivity index (χ4v) is 3.40. The van der Waals surface area contributed by atoms with E-state index in [-0.39, 0.29) is 0 Å². The van der Waals surface area contributed by atoms with E-state index < -0.39 is 0 Å². The zero-order valence-electron chi connectivity index (χ0n) is 10.5. The Labute approximate surface area is 125 Å². The van der Waals surface area contributed by atoms with Gasteiger partial charge in [-0.2, -0.15) is 0 Å². The lowest BCUT2D eigenvalue weighted by Crippen LogP contribution is -2.45. The van der Waals surface area contributed by atoms with Gasteiger partial charge < -0.3 is 4.90 Å². The minimum atomic E-state index is 0.856. The third-order valence-corrected chi connectivity index (χ3v) is 4.70. The molecule has 1 aromatic heterocycles. The van der Waals surface area contributed by atoms with Crippen molar-refractivity contribution < 1.29 is 0 Å². The summed E-state index contributed by atoms with van der Waals surface area (Å²) in [5.41, 5.74) is 1.38. The van der Waals surface area contributed by atoms with Crippen LogP contribution in [0.3, 0.4) is 0 Å². The molecule has 0 N–H and O–H groups in total. The number of aromatic nitrogens is 2. The first kappa shape index (κ1) is 13.0. The number of halogens is 1. The highest BCUT2D eigenvalue weighted by Crippen LogP contribution is 2.25. The Morgan fingerprint density at radius 2 is 1.79 bits per heavy atom. The Hall–Kier alpha value is -0.980. The van der Waals surface area contributed by atoms with Crippen LogP contribution < -0.4 is 4.90 Å². The predicted molar refractivity (Wildman–Crippen MR) is 81.5 cm³/mol. The zero-order valence-corrected chi connectivity index (χ0v) is 12.9. The van der Waals surface area contributed by atoms with E-state index >= 15 is 0 Å². The SMILES string of the molecule is Brc1nnc(N2CCN(Cc3ccccc3)CC2)s1. The highest BCUT2D eigenvalue weighted by atomic mass is 79.9. The van der Waals surface area contributed by atoms with Gasteiger partial charge in [-0.3, -0.25) is 4.90 Å². The quantitative estimate of drug-likeness (QED) is 0.861. The summed E-state index contributed by atoms with van der Waals surface area (Å²) in [4.78, 5) is 4.80. The molecule has 3 rings (SSSR count). The summed E-state index contributed by atoms with van der Waals surface area (Å²) < 4.78 is 0.856. The summed E-state index contributed by atoms with van der Waals surface area (Å²) in [6.07, 6.45) is 0. The van der Waals surface area contributed by atoms with Crippen LogP contribution >= 0.6 is 27.3 Å². The van der Waals surface area contributed by atoms with Gasteiger partial charge in [0.15, 0.2) is 3.92 Å². The third kappa shape index (κ3) is 3.32. The van der Waals surface area contributed by atoms with Crippen LogP contribution in [0.1, 0.15) is 5.56 Å². The van der Waals surface area contributed by atoms with E-state index in [2.05, 4.69) is 66.3 Å². The molecule has 1 aliphatic heterocycles. The maximum atomic E-state index is 4.18. The molecule has 0 atom stereocenters. The topological polar surface area (TPSA) is 32.3 Å². The van der Waals surface area contributed by atoms with Gasteiger partial charge in [-0.25, -0.2) is 0 Å². The molecule has 0 amide bonds. The normalized spacial score (nSPS) is 16.8. The van der Waals surface area contributed by atoms with Crippen molar-refractivity contribution in [3.05, 3.63) is 39.8 Å². The Kier molecular flexibility index (Phi) is 4.10. The molecule has 6 heteroatoms. The van der Waals surface area contributed by atoms with Crippen molar-refractivity contribution in [3.63, 3.8) is 0 Å². The second-order valence-electron chi connectivity index (χ2n) is 4.59. The van der Waals surface area contributed by atoms with E-state index in [1.165, 1.54) is 5.56 Å². The van der Waals surface area contributed by atoms with E-state index in [0.29, 0.717) is 0 Å². The fraction of sp³-hybridized carbons (Fsp3) is 0.385. The van der Waals surface area contributed by atoms with Gasteiger partial charge in [0.05, 0.1) is 0 Å². The molecule has 0 radical (unpaired) electrons. The van der Waals surface area contributed by atoms with E-state index in [1.54, 1.807) is 11.3 Å². The van der Waals surface area contributed by atoms with Gasteiger partial charge >= 0.3 is 0 Å². The number of hydrogen-bond acceptors (Lipinski definition) is 5. The van der Waals surface area contributed by atoms with Gasteiger partial charge in [0, 0.05) is 32.7 Å². The molecule has 1 aromatic carbocycles. The van der Waals surface area contributed by atoms with Gasteiger partial charge in [0.2, 0.25) is 5.13 Å². The largest absolute Gasteiger partial charge is 0.344 e. The summed E-state index contributed by atoms with van der Waals surface area (Å²) in [6.45, 7) is 5.23. The highest BCUT2D eigenvalue weighted by Gasteiger charge is 2.19. The molecule has 19 heavy (non-hydrogen) atoms. The van der Waals surface area contributed by atoms with Crippen molar-refractivity contribution in [3.8, 4) is 0 Å². The van der Waals surface area contributed by atoms with Crippen LogP contribution in [0.4, 0.5) is 5.13 Å². The lowest BCUT2D eigenvalue weighted by Gasteiger charge is -2.34. The second kappa shape index (κ2) is 5.98. The summed E-state index contributed by atoms with van der Waals surface area (Å²) in [6, 6.07) is 10.6. The van der Waals surface area contributed by atoms with E-state index in [1.807, 2.05) is 0 Å². The van der Waals surface area contributed by atoms with Crippen molar-refractivity contribution in [1.82, 2.24) is 15.1 Å². The first-order chi connectivity index (χ1) is 9.31. The number of benzene rings is 1. The van der Waals surface area contributed by atoms with Crippen LogP contribution in [-0.4, -0.2) is 41.3 Å². The first-order valence-electron chi connectivity index (χ1n) is 6.31. The fourth-order valence-electron chi connectivity index (χ4n) is 2.26. The number of nitrogens with zero attached hydrogens (tertiary/aromatic N) is 4. The van der Waals surface area contributed by atoms with Crippen LogP contribution in [0.25, 0.3) is 0 Å². The third-order valence-electron chi connectivity index (χ3n) is 3.28. The number of piperazine rings is 1. The highest BCUT2D eigenvalue weighted by molar-refractivity contribution is 9.11. The molecule has 0 bridgehead atoms. The van der Waals surface area contributed by atoms with Crippen LogP contribution in [0, 0.1) is 0 Å². The average Bonchev–Trinajstić information content (AvgIpc) is 2.87. The van der Waals surface area contributed by atoms with Crippen molar-refractivity contribution in [2.75, 3.05) is 31.1 Å². The Bertz CT molecular complexity index is 522. The molecule has 2 heterocycles. The summed E-state index contributed by atoms with van der Waals surface area (Å²) >= 11 is 4.96. The Balaban J connectivity index is 1.55. The second-order valence-corrected chi connectivity index (χ2v) is 6.82. The Morgan fingerprint density at radius 3 is 2.42 bits per heavy atom. The summed E-state index contributed by atoms with van der Waals surface area (Å²) in [7, 11) is 0. The van der Waals surface area contributed by atoms with Crippen LogP contribution in [0.5, 0.6) is 0 Å². The molecule has 0 unspecified atom stereocenters. The van der Waals surface area contributed by atoms with Crippen LogP contribution in [0.15, 0.2) is 34.2 Å². The Morgan fingerprint density at radius 1 is 1.05 bits per heavy atom. The van der Waals surface area contributed by atoms with E-state index in [9.17, 15) is 0 Å². The number of anilines is 1. The molecule has 1 fully saturated rings. The molecule has 2 aromatic rings. The molecule has 1 aliphatic rings. The van der Waals surface area contributed by atoms with Gasteiger partial charge in [0.1, 0.15) is 0 Å². The standard InChI is InChI=1S/C13H15BrN4S/c14-12-15-16-13(19-12)18-8-6-17(7-9-18)10-11-4-2-1-3-5-11/h1-5H,6-10H2. The predicted octanol–water partition coefficient (Wildman–Crippen LogP) is 2.62. The lowest BCUT2D eigenvalue weighted by atomic mass is 10.2. The zero-order chi connectivity index (χ0) is 13.1. The van der Waals surface area contributed by atoms with Crippen LogP contribution in [0.2, 0.25) is 0 Å². The molecule has 100 valence electrons. The minimum absolute atomic E-state index is 0.856. The smallest absolute Gasteiger partial charge is 0.209 e. The van der Waals surface area contributed by atoms with Gasteiger partial charge in [-0.15, -0.1) is 10.2 Å². The average molecular weight is 339 g/mol. The van der Waals surface area contributed by atoms with Gasteiger partial charge in [0.25, 0.3) is 0 Å².